The van der Waals surface area contributed by atoms with Crippen LogP contribution in [0.2, 0.25) is 5.15 Å². The third-order valence-corrected chi connectivity index (χ3v) is 7.61. The minimum Gasteiger partial charge on any atom is -0.486 e. The van der Waals surface area contributed by atoms with E-state index in [1.807, 2.05) is 16.0 Å². The molecule has 3 heterocycles. The number of sulfonamides is 1. The van der Waals surface area contributed by atoms with Gasteiger partial charge in [-0.1, -0.05) is 25.4 Å². The summed E-state index contributed by atoms with van der Waals surface area (Å²) in [4.78, 5) is 19.7. The van der Waals surface area contributed by atoms with E-state index in [1.54, 1.807) is 27.0 Å². The number of carbonyl (C=O) groups excluding carboxylic acids is 1. The third kappa shape index (κ3) is 4.42. The number of thiazole rings is 1. The molecule has 0 radical (unpaired) electrons. The predicted octanol–water partition coefficient (Wildman–Crippen LogP) is 2.78. The number of hydrogen-bond donors (Lipinski definition) is 1. The van der Waals surface area contributed by atoms with E-state index < -0.39 is 16.1 Å². The molecule has 3 aromatic rings. The van der Waals surface area contributed by atoms with Crippen LogP contribution in [0.4, 0.5) is 0 Å². The highest BCUT2D eigenvalue weighted by Gasteiger charge is 2.32. The molecule has 0 bridgehead atoms. The molecule has 1 aliphatic rings. The first-order valence-corrected chi connectivity index (χ1v) is 12.7. The summed E-state index contributed by atoms with van der Waals surface area (Å²) in [5.41, 5.74) is 0.663. The van der Waals surface area contributed by atoms with Crippen LogP contribution in [0.1, 0.15) is 19.5 Å². The highest BCUT2D eigenvalue weighted by Crippen LogP contribution is 2.32. The van der Waals surface area contributed by atoms with Gasteiger partial charge in [0.2, 0.25) is 15.9 Å². The number of likely N-dealkylation sites (N-methyl/N-ethyl adjacent to an activating group) is 1. The van der Waals surface area contributed by atoms with Crippen LogP contribution in [0.25, 0.3) is 4.96 Å². The van der Waals surface area contributed by atoms with Crippen molar-refractivity contribution in [1.29, 1.82) is 0 Å². The fraction of sp³-hybridized carbons (Fsp3) is 0.400. The number of rotatable bonds is 7. The Kier molecular flexibility index (Phi) is 6.35. The molecule has 12 heteroatoms. The number of ether oxygens (including phenoxy) is 2. The number of fused-ring (bicyclic) bond motifs is 2. The summed E-state index contributed by atoms with van der Waals surface area (Å²) in [7, 11) is -2.38. The van der Waals surface area contributed by atoms with Crippen molar-refractivity contribution in [2.75, 3.05) is 20.3 Å². The van der Waals surface area contributed by atoms with Gasteiger partial charge in [0.15, 0.2) is 21.6 Å². The maximum atomic E-state index is 13.2. The Hall–Kier alpha value is -2.34. The van der Waals surface area contributed by atoms with Gasteiger partial charge in [-0.25, -0.2) is 13.4 Å². The first-order chi connectivity index (χ1) is 15.2. The number of carbonyl (C=O) groups is 1. The second-order valence-electron chi connectivity index (χ2n) is 7.75. The number of hydrogen-bond acceptors (Lipinski definition) is 7. The van der Waals surface area contributed by atoms with Gasteiger partial charge in [-0.05, 0) is 18.1 Å². The van der Waals surface area contributed by atoms with E-state index >= 15 is 0 Å². The van der Waals surface area contributed by atoms with Gasteiger partial charge >= 0.3 is 0 Å². The zero-order valence-corrected chi connectivity index (χ0v) is 20.1. The Morgan fingerprint density at radius 3 is 2.75 bits per heavy atom. The van der Waals surface area contributed by atoms with Gasteiger partial charge in [-0.3, -0.25) is 9.20 Å². The lowest BCUT2D eigenvalue weighted by Gasteiger charge is -2.27. The highest BCUT2D eigenvalue weighted by atomic mass is 35.5. The van der Waals surface area contributed by atoms with Gasteiger partial charge in [0.05, 0.1) is 17.1 Å². The zero-order valence-electron chi connectivity index (χ0n) is 17.7. The lowest BCUT2D eigenvalue weighted by molar-refractivity contribution is -0.133. The second-order valence-corrected chi connectivity index (χ2v) is 10.7. The van der Waals surface area contributed by atoms with Crippen LogP contribution >= 0.6 is 22.9 Å². The van der Waals surface area contributed by atoms with Crippen LogP contribution in [-0.2, 0) is 21.4 Å². The summed E-state index contributed by atoms with van der Waals surface area (Å²) in [6, 6.07) is 3.42. The molecule has 1 atom stereocenters. The van der Waals surface area contributed by atoms with Crippen LogP contribution in [0, 0.1) is 5.92 Å². The number of halogens is 1. The zero-order chi connectivity index (χ0) is 23.0. The summed E-state index contributed by atoms with van der Waals surface area (Å²) in [6.07, 6.45) is 1.83. The van der Waals surface area contributed by atoms with Crippen molar-refractivity contribution in [1.82, 2.24) is 19.0 Å². The molecule has 0 spiro atoms. The van der Waals surface area contributed by atoms with E-state index in [1.165, 1.54) is 28.4 Å². The number of imidazole rings is 1. The molecule has 2 aromatic heterocycles. The maximum absolute atomic E-state index is 13.2. The van der Waals surface area contributed by atoms with E-state index in [0.29, 0.717) is 35.6 Å². The molecule has 9 nitrogen and oxygen atoms in total. The first-order valence-electron chi connectivity index (χ1n) is 9.94. The van der Waals surface area contributed by atoms with E-state index in [9.17, 15) is 13.2 Å². The molecule has 1 aromatic carbocycles. The average molecular weight is 499 g/mol. The fourth-order valence-corrected chi connectivity index (χ4v) is 5.75. The SMILES string of the molecule is CC(C)[C@@H](NS(=O)(=O)c1ccc2c(c1)OCCO2)C(=O)N(C)Cc1c(Cl)nc2sccn12. The van der Waals surface area contributed by atoms with Gasteiger partial charge in [-0.15, -0.1) is 11.3 Å². The largest absolute Gasteiger partial charge is 0.486 e. The lowest BCUT2D eigenvalue weighted by atomic mass is 10.0. The van der Waals surface area contributed by atoms with Gasteiger partial charge < -0.3 is 14.4 Å². The Labute approximate surface area is 195 Å². The van der Waals surface area contributed by atoms with Crippen LogP contribution in [0.5, 0.6) is 11.5 Å². The molecular weight excluding hydrogens is 476 g/mol. The normalized spacial score (nSPS) is 14.7. The van der Waals surface area contributed by atoms with E-state index in [4.69, 9.17) is 21.1 Å². The third-order valence-electron chi connectivity index (χ3n) is 5.11. The van der Waals surface area contributed by atoms with Gasteiger partial charge in [0.1, 0.15) is 19.3 Å². The molecule has 0 fully saturated rings. The lowest BCUT2D eigenvalue weighted by Crippen LogP contribution is -2.50. The highest BCUT2D eigenvalue weighted by molar-refractivity contribution is 7.89. The smallest absolute Gasteiger partial charge is 0.241 e. The van der Waals surface area contributed by atoms with Gasteiger partial charge in [0, 0.05) is 24.7 Å². The molecule has 172 valence electrons. The summed E-state index contributed by atoms with van der Waals surface area (Å²) in [5, 5.41) is 2.19. The number of amides is 1. The van der Waals surface area contributed by atoms with Gasteiger partial charge in [0.25, 0.3) is 0 Å². The Morgan fingerprint density at radius 1 is 1.31 bits per heavy atom. The number of benzene rings is 1. The minimum absolute atomic E-state index is 0.00155. The molecule has 32 heavy (non-hydrogen) atoms. The minimum atomic E-state index is -3.99. The maximum Gasteiger partial charge on any atom is 0.241 e. The van der Waals surface area contributed by atoms with Crippen molar-refractivity contribution >= 4 is 43.8 Å². The molecular formula is C20H23ClN4O5S2. The van der Waals surface area contributed by atoms with E-state index in [-0.39, 0.29) is 23.3 Å². The molecule has 4 rings (SSSR count). The predicted molar refractivity (Wildman–Crippen MR) is 121 cm³/mol. The van der Waals surface area contributed by atoms with Gasteiger partial charge in [-0.2, -0.15) is 4.72 Å². The molecule has 0 aliphatic carbocycles. The average Bonchev–Trinajstić information content (AvgIpc) is 3.33. The number of aromatic nitrogens is 2. The van der Waals surface area contributed by atoms with E-state index in [2.05, 4.69) is 9.71 Å². The standard InChI is InChI=1S/C20H23ClN4O5S2/c1-12(2)17(19(26)24(3)11-14-18(21)22-20-25(14)6-9-31-20)23-32(27,28)13-4-5-15-16(10-13)30-8-7-29-15/h4-6,9-10,12,17,23H,7-8,11H2,1-3H3/t17-/m1/s1. The summed E-state index contributed by atoms with van der Waals surface area (Å²) >= 11 is 7.68. The fourth-order valence-electron chi connectivity index (χ4n) is 3.39. The number of nitrogens with one attached hydrogen (secondary N) is 1. The van der Waals surface area contributed by atoms with E-state index in [0.717, 1.165) is 4.96 Å². The number of nitrogens with zero attached hydrogens (tertiary/aromatic N) is 3. The molecule has 1 N–H and O–H groups in total. The van der Waals surface area contributed by atoms with Crippen LogP contribution in [0.15, 0.2) is 34.7 Å². The molecule has 1 amide bonds. The van der Waals surface area contributed by atoms with Crippen molar-refractivity contribution in [3.05, 3.63) is 40.6 Å². The first kappa shape index (κ1) is 22.8. The Balaban J connectivity index is 1.54. The Bertz CT molecular complexity index is 1250. The monoisotopic (exact) mass is 498 g/mol. The molecule has 0 unspecified atom stereocenters. The van der Waals surface area contributed by atoms with Crippen molar-refractivity contribution in [3.8, 4) is 11.5 Å². The topological polar surface area (TPSA) is 102 Å². The van der Waals surface area contributed by atoms with Crippen molar-refractivity contribution in [3.63, 3.8) is 0 Å². The molecule has 0 saturated carbocycles. The second kappa shape index (κ2) is 8.89. The van der Waals surface area contributed by atoms with Crippen molar-refractivity contribution in [2.24, 2.45) is 5.92 Å². The van der Waals surface area contributed by atoms with Crippen molar-refractivity contribution in [2.45, 2.75) is 31.3 Å². The summed E-state index contributed by atoms with van der Waals surface area (Å²) in [6.45, 7) is 4.50. The van der Waals surface area contributed by atoms with Crippen LogP contribution in [0.3, 0.4) is 0 Å². The van der Waals surface area contributed by atoms with Crippen LogP contribution in [-0.4, -0.2) is 54.9 Å². The van der Waals surface area contributed by atoms with Crippen LogP contribution < -0.4 is 14.2 Å². The molecule has 1 aliphatic heterocycles. The quantitative estimate of drug-likeness (QED) is 0.537. The Morgan fingerprint density at radius 2 is 2.03 bits per heavy atom. The van der Waals surface area contributed by atoms with Crippen molar-refractivity contribution < 1.29 is 22.7 Å². The molecule has 0 saturated heterocycles. The summed E-state index contributed by atoms with van der Waals surface area (Å²) < 4.78 is 41.4. The summed E-state index contributed by atoms with van der Waals surface area (Å²) in [5.74, 6) is 0.184.